The highest BCUT2D eigenvalue weighted by atomic mass is 16.5. The highest BCUT2D eigenvalue weighted by Gasteiger charge is 2.07. The zero-order valence-electron chi connectivity index (χ0n) is 14.6. The normalized spacial score (nSPS) is 10.7. The van der Waals surface area contributed by atoms with Crippen molar-refractivity contribution in [2.24, 2.45) is 0 Å². The van der Waals surface area contributed by atoms with E-state index in [4.69, 9.17) is 4.74 Å². The van der Waals surface area contributed by atoms with Crippen LogP contribution in [-0.4, -0.2) is 35.8 Å². The van der Waals surface area contributed by atoms with Crippen molar-refractivity contribution >= 4 is 17.1 Å². The summed E-state index contributed by atoms with van der Waals surface area (Å²) >= 11 is 0. The number of ether oxygens (including phenoxy) is 1. The molecule has 0 unspecified atom stereocenters. The fourth-order valence-corrected chi connectivity index (χ4v) is 2.89. The largest absolute Gasteiger partial charge is 0.496 e. The van der Waals surface area contributed by atoms with Gasteiger partial charge in [0.2, 0.25) is 0 Å². The van der Waals surface area contributed by atoms with Gasteiger partial charge in [-0.1, -0.05) is 30.3 Å². The van der Waals surface area contributed by atoms with Gasteiger partial charge in [0.05, 0.1) is 18.1 Å². The number of hydrogen-bond acceptors (Lipinski definition) is 3. The number of aromatic nitrogens is 2. The van der Waals surface area contributed by atoms with Gasteiger partial charge in [-0.25, -0.2) is 9.59 Å². The van der Waals surface area contributed by atoms with Crippen molar-refractivity contribution in [3.05, 3.63) is 64.6 Å². The molecule has 3 aromatic rings. The summed E-state index contributed by atoms with van der Waals surface area (Å²) in [5.74, 6) is 0.813. The number of rotatable bonds is 7. The Morgan fingerprint density at radius 1 is 1.08 bits per heavy atom. The summed E-state index contributed by atoms with van der Waals surface area (Å²) < 4.78 is 6.91. The maximum absolute atomic E-state index is 12.0. The van der Waals surface area contributed by atoms with E-state index in [0.717, 1.165) is 22.3 Å². The predicted molar refractivity (Wildman–Crippen MR) is 101 cm³/mol. The van der Waals surface area contributed by atoms with Gasteiger partial charge in [-0.3, -0.25) is 4.57 Å². The average Bonchev–Trinajstić information content (AvgIpc) is 2.97. The van der Waals surface area contributed by atoms with Gasteiger partial charge in [0.1, 0.15) is 5.75 Å². The molecule has 0 bridgehead atoms. The predicted octanol–water partition coefficient (Wildman–Crippen LogP) is 1.88. The smallest absolute Gasteiger partial charge is 0.326 e. The van der Waals surface area contributed by atoms with Gasteiger partial charge in [-0.05, 0) is 30.2 Å². The number of methoxy groups -OCH3 is 1. The zero-order valence-corrected chi connectivity index (χ0v) is 14.6. The van der Waals surface area contributed by atoms with Crippen LogP contribution in [0.15, 0.2) is 53.3 Å². The van der Waals surface area contributed by atoms with Crippen LogP contribution >= 0.6 is 0 Å². The number of para-hydroxylation sites is 3. The molecule has 2 amide bonds. The molecule has 0 aliphatic carbocycles. The number of carbonyl (C=O) groups excluding carboxylic acids is 1. The Morgan fingerprint density at radius 2 is 1.81 bits per heavy atom. The van der Waals surface area contributed by atoms with Crippen molar-refractivity contribution in [2.75, 3.05) is 20.2 Å². The van der Waals surface area contributed by atoms with Crippen LogP contribution in [0.2, 0.25) is 0 Å². The number of nitrogens with one attached hydrogen (secondary N) is 3. The maximum Gasteiger partial charge on any atom is 0.326 e. The molecule has 0 aliphatic heterocycles. The number of carbonyl (C=O) groups is 1. The lowest BCUT2D eigenvalue weighted by Crippen LogP contribution is -2.38. The van der Waals surface area contributed by atoms with Crippen LogP contribution in [0.4, 0.5) is 4.79 Å². The Hall–Kier alpha value is -3.22. The SMILES string of the molecule is COc1ccccc1CCNC(=O)NCCn1c(=O)[nH]c2ccccc21. The lowest BCUT2D eigenvalue weighted by Gasteiger charge is -2.10. The topological polar surface area (TPSA) is 88.2 Å². The standard InChI is InChI=1S/C19H22N4O3/c1-26-17-9-5-2-6-14(17)10-11-20-18(24)21-12-13-23-16-8-4-3-7-15(16)22-19(23)25/h2-9H,10-13H2,1H3,(H,22,25)(H2,20,21,24). The zero-order chi connectivity index (χ0) is 18.4. The second-order valence-electron chi connectivity index (χ2n) is 5.84. The monoisotopic (exact) mass is 354 g/mol. The molecule has 1 heterocycles. The lowest BCUT2D eigenvalue weighted by molar-refractivity contribution is 0.240. The molecule has 1 aromatic heterocycles. The average molecular weight is 354 g/mol. The number of amides is 2. The van der Waals surface area contributed by atoms with E-state index in [2.05, 4.69) is 15.6 Å². The van der Waals surface area contributed by atoms with E-state index in [1.54, 1.807) is 11.7 Å². The van der Waals surface area contributed by atoms with Crippen LogP contribution in [0.25, 0.3) is 11.0 Å². The van der Waals surface area contributed by atoms with Gasteiger partial charge < -0.3 is 20.4 Å². The molecule has 3 rings (SSSR count). The summed E-state index contributed by atoms with van der Waals surface area (Å²) in [4.78, 5) is 26.7. The fraction of sp³-hybridized carbons (Fsp3) is 0.263. The first kappa shape index (κ1) is 17.6. The van der Waals surface area contributed by atoms with Crippen molar-refractivity contribution < 1.29 is 9.53 Å². The van der Waals surface area contributed by atoms with Gasteiger partial charge in [-0.15, -0.1) is 0 Å². The second kappa shape index (κ2) is 8.24. The molecule has 0 fully saturated rings. The molecule has 136 valence electrons. The first-order valence-corrected chi connectivity index (χ1v) is 8.50. The van der Waals surface area contributed by atoms with E-state index in [9.17, 15) is 9.59 Å². The molecule has 7 heteroatoms. The molecule has 0 saturated carbocycles. The third-order valence-corrected chi connectivity index (χ3v) is 4.17. The minimum Gasteiger partial charge on any atom is -0.496 e. The van der Waals surface area contributed by atoms with E-state index < -0.39 is 0 Å². The number of urea groups is 1. The molecule has 2 aromatic carbocycles. The minimum absolute atomic E-state index is 0.176. The quantitative estimate of drug-likeness (QED) is 0.605. The lowest BCUT2D eigenvalue weighted by atomic mass is 10.1. The first-order chi connectivity index (χ1) is 12.7. The minimum atomic E-state index is -0.257. The molecule has 3 N–H and O–H groups in total. The van der Waals surface area contributed by atoms with Gasteiger partial charge in [0.15, 0.2) is 0 Å². The Bertz CT molecular complexity index is 945. The van der Waals surface area contributed by atoms with Crippen LogP contribution in [0.3, 0.4) is 0 Å². The number of aromatic amines is 1. The summed E-state index contributed by atoms with van der Waals surface area (Å²) in [5, 5.41) is 5.59. The van der Waals surface area contributed by atoms with Crippen molar-refractivity contribution in [3.8, 4) is 5.75 Å². The highest BCUT2D eigenvalue weighted by molar-refractivity contribution is 5.75. The van der Waals surface area contributed by atoms with Gasteiger partial charge in [0, 0.05) is 19.6 Å². The molecule has 0 saturated heterocycles. The summed E-state index contributed by atoms with van der Waals surface area (Å²) in [5.41, 5.74) is 2.49. The fourth-order valence-electron chi connectivity index (χ4n) is 2.89. The Balaban J connectivity index is 1.46. The molecule has 0 radical (unpaired) electrons. The molecule has 7 nitrogen and oxygen atoms in total. The molecular weight excluding hydrogens is 332 g/mol. The van der Waals surface area contributed by atoms with Crippen molar-refractivity contribution in [3.63, 3.8) is 0 Å². The van der Waals surface area contributed by atoms with E-state index in [1.807, 2.05) is 48.5 Å². The summed E-state index contributed by atoms with van der Waals surface area (Å²) in [6.45, 7) is 1.27. The van der Waals surface area contributed by atoms with Gasteiger partial charge >= 0.3 is 11.7 Å². The van der Waals surface area contributed by atoms with Crippen LogP contribution in [0.5, 0.6) is 5.75 Å². The van der Waals surface area contributed by atoms with E-state index in [0.29, 0.717) is 26.1 Å². The summed E-state index contributed by atoms with van der Waals surface area (Å²) in [6.07, 6.45) is 0.680. The number of benzene rings is 2. The Labute approximate surface area is 151 Å². The first-order valence-electron chi connectivity index (χ1n) is 8.50. The Morgan fingerprint density at radius 3 is 2.65 bits per heavy atom. The van der Waals surface area contributed by atoms with Crippen LogP contribution in [0.1, 0.15) is 5.56 Å². The molecule has 26 heavy (non-hydrogen) atoms. The van der Waals surface area contributed by atoms with Crippen LogP contribution < -0.4 is 21.1 Å². The summed E-state index contributed by atoms with van der Waals surface area (Å²) in [6, 6.07) is 14.9. The van der Waals surface area contributed by atoms with Crippen molar-refractivity contribution in [2.45, 2.75) is 13.0 Å². The maximum atomic E-state index is 12.0. The van der Waals surface area contributed by atoms with Crippen LogP contribution in [0, 0.1) is 0 Å². The number of imidazole rings is 1. The van der Waals surface area contributed by atoms with Crippen molar-refractivity contribution in [1.29, 1.82) is 0 Å². The third-order valence-electron chi connectivity index (χ3n) is 4.17. The third kappa shape index (κ3) is 4.05. The van der Waals surface area contributed by atoms with Gasteiger partial charge in [-0.2, -0.15) is 0 Å². The van der Waals surface area contributed by atoms with E-state index in [1.165, 1.54) is 0 Å². The molecule has 0 aliphatic rings. The van der Waals surface area contributed by atoms with Crippen molar-refractivity contribution in [1.82, 2.24) is 20.2 Å². The molecular formula is C19H22N4O3. The van der Waals surface area contributed by atoms with E-state index >= 15 is 0 Å². The number of hydrogen-bond donors (Lipinski definition) is 3. The second-order valence-corrected chi connectivity index (χ2v) is 5.84. The number of H-pyrrole nitrogens is 1. The van der Waals surface area contributed by atoms with E-state index in [-0.39, 0.29) is 11.7 Å². The Kier molecular flexibility index (Phi) is 5.58. The highest BCUT2D eigenvalue weighted by Crippen LogP contribution is 2.17. The molecule has 0 atom stereocenters. The summed E-state index contributed by atoms with van der Waals surface area (Å²) in [7, 11) is 1.63. The van der Waals surface area contributed by atoms with Gasteiger partial charge in [0.25, 0.3) is 0 Å². The number of nitrogens with zero attached hydrogens (tertiary/aromatic N) is 1. The number of fused-ring (bicyclic) bond motifs is 1. The van der Waals surface area contributed by atoms with Crippen LogP contribution in [-0.2, 0) is 13.0 Å². The molecule has 0 spiro atoms.